The Balaban J connectivity index is 1.52. The van der Waals surface area contributed by atoms with E-state index in [4.69, 9.17) is 39.2 Å². The van der Waals surface area contributed by atoms with Crippen LogP contribution in [0.15, 0.2) is 52.1 Å². The first kappa shape index (κ1) is 19.0. The molecule has 9 heteroatoms. The summed E-state index contributed by atoms with van der Waals surface area (Å²) in [4.78, 5) is 12.0. The number of rotatable bonds is 6. The van der Waals surface area contributed by atoms with Gasteiger partial charge in [-0.15, -0.1) is 10.2 Å². The zero-order valence-electron chi connectivity index (χ0n) is 13.2. The van der Waals surface area contributed by atoms with Gasteiger partial charge in [-0.25, -0.2) is 0 Å². The summed E-state index contributed by atoms with van der Waals surface area (Å²) in [6, 6.07) is 12.2. The molecule has 0 aliphatic rings. The first-order valence-corrected chi connectivity index (χ1v) is 9.56. The van der Waals surface area contributed by atoms with Crippen LogP contribution in [0.25, 0.3) is 0 Å². The number of thioether (sulfide) groups is 1. The van der Waals surface area contributed by atoms with Crippen molar-refractivity contribution in [2.45, 2.75) is 11.6 Å². The van der Waals surface area contributed by atoms with E-state index in [1.165, 1.54) is 0 Å². The quantitative estimate of drug-likeness (QED) is 0.536. The molecule has 1 amide bonds. The van der Waals surface area contributed by atoms with E-state index >= 15 is 0 Å². The number of amides is 1. The van der Waals surface area contributed by atoms with Gasteiger partial charge in [-0.05, 0) is 35.9 Å². The van der Waals surface area contributed by atoms with Gasteiger partial charge in [0.25, 0.3) is 5.22 Å². The summed E-state index contributed by atoms with van der Waals surface area (Å²) in [5.41, 5.74) is 1.50. The summed E-state index contributed by atoms with van der Waals surface area (Å²) in [5.74, 6) is 0.342. The Hall–Kier alpha value is -1.73. The first-order chi connectivity index (χ1) is 12.5. The van der Waals surface area contributed by atoms with Crippen molar-refractivity contribution in [3.63, 3.8) is 0 Å². The maximum atomic E-state index is 12.0. The standard InChI is InChI=1S/C17H12Cl3N3O2S/c18-11-3-1-10(2-4-11)7-16-22-23-17(25-16)26-9-15(24)21-14-6-5-12(19)8-13(14)20/h1-6,8H,7,9H2,(H,21,24). The van der Waals surface area contributed by atoms with Crippen LogP contribution in [0, 0.1) is 0 Å². The van der Waals surface area contributed by atoms with Crippen LogP contribution in [-0.2, 0) is 11.2 Å². The Morgan fingerprint density at radius 1 is 1.04 bits per heavy atom. The summed E-state index contributed by atoms with van der Waals surface area (Å²) < 4.78 is 5.54. The van der Waals surface area contributed by atoms with Crippen LogP contribution >= 0.6 is 46.6 Å². The highest BCUT2D eigenvalue weighted by molar-refractivity contribution is 7.99. The molecule has 0 bridgehead atoms. The van der Waals surface area contributed by atoms with E-state index in [2.05, 4.69) is 15.5 Å². The lowest BCUT2D eigenvalue weighted by Gasteiger charge is -2.06. The van der Waals surface area contributed by atoms with Gasteiger partial charge in [0.05, 0.1) is 22.9 Å². The molecule has 0 aliphatic heterocycles. The molecule has 0 aliphatic carbocycles. The van der Waals surface area contributed by atoms with E-state index in [9.17, 15) is 4.79 Å². The van der Waals surface area contributed by atoms with Crippen molar-refractivity contribution >= 4 is 58.2 Å². The molecule has 0 spiro atoms. The third-order valence-electron chi connectivity index (χ3n) is 3.25. The Bertz CT molecular complexity index is 916. The SMILES string of the molecule is O=C(CSc1nnc(Cc2ccc(Cl)cc2)o1)Nc1ccc(Cl)cc1Cl. The van der Waals surface area contributed by atoms with Crippen molar-refractivity contribution in [3.05, 3.63) is 69.0 Å². The maximum Gasteiger partial charge on any atom is 0.277 e. The van der Waals surface area contributed by atoms with Crippen molar-refractivity contribution < 1.29 is 9.21 Å². The fourth-order valence-electron chi connectivity index (χ4n) is 2.05. The van der Waals surface area contributed by atoms with Gasteiger partial charge in [0.1, 0.15) is 0 Å². The van der Waals surface area contributed by atoms with Crippen LogP contribution in [-0.4, -0.2) is 21.9 Å². The molecule has 0 saturated heterocycles. The lowest BCUT2D eigenvalue weighted by atomic mass is 10.1. The molecular formula is C17H12Cl3N3O2S. The van der Waals surface area contributed by atoms with Crippen LogP contribution in [0.4, 0.5) is 5.69 Å². The zero-order valence-corrected chi connectivity index (χ0v) is 16.3. The van der Waals surface area contributed by atoms with E-state index in [1.807, 2.05) is 12.1 Å². The number of hydrogen-bond acceptors (Lipinski definition) is 5. The second kappa shape index (κ2) is 8.77. The van der Waals surface area contributed by atoms with Gasteiger partial charge in [-0.2, -0.15) is 0 Å². The van der Waals surface area contributed by atoms with Gasteiger partial charge in [-0.3, -0.25) is 4.79 Å². The average Bonchev–Trinajstić information content (AvgIpc) is 3.05. The third-order valence-corrected chi connectivity index (χ3v) is 4.87. The van der Waals surface area contributed by atoms with E-state index in [0.717, 1.165) is 17.3 Å². The number of benzene rings is 2. The molecule has 3 rings (SSSR count). The zero-order chi connectivity index (χ0) is 18.5. The van der Waals surface area contributed by atoms with Gasteiger partial charge in [0, 0.05) is 10.0 Å². The molecule has 134 valence electrons. The predicted molar refractivity (Wildman–Crippen MR) is 104 cm³/mol. The fraction of sp³-hybridized carbons (Fsp3) is 0.118. The van der Waals surface area contributed by atoms with Crippen molar-refractivity contribution in [1.29, 1.82) is 0 Å². The molecule has 0 fully saturated rings. The molecule has 1 N–H and O–H groups in total. The molecule has 1 aromatic heterocycles. The molecule has 0 saturated carbocycles. The lowest BCUT2D eigenvalue weighted by Crippen LogP contribution is -2.14. The van der Waals surface area contributed by atoms with Crippen LogP contribution in [0.2, 0.25) is 15.1 Å². The largest absolute Gasteiger partial charge is 0.416 e. The summed E-state index contributed by atoms with van der Waals surface area (Å²) in [7, 11) is 0. The smallest absolute Gasteiger partial charge is 0.277 e. The van der Waals surface area contributed by atoms with Gasteiger partial charge in [-0.1, -0.05) is 58.7 Å². The number of halogens is 3. The number of nitrogens with zero attached hydrogens (tertiary/aromatic N) is 2. The van der Waals surface area contributed by atoms with Crippen molar-refractivity contribution in [3.8, 4) is 0 Å². The minimum Gasteiger partial charge on any atom is -0.416 e. The van der Waals surface area contributed by atoms with E-state index in [1.54, 1.807) is 30.3 Å². The van der Waals surface area contributed by atoms with Gasteiger partial charge in [0.2, 0.25) is 11.8 Å². The molecule has 0 atom stereocenters. The molecule has 2 aromatic carbocycles. The number of aromatic nitrogens is 2. The Labute approximate surface area is 169 Å². The van der Waals surface area contributed by atoms with Crippen molar-refractivity contribution in [2.24, 2.45) is 0 Å². The number of carbonyl (C=O) groups is 1. The minimum atomic E-state index is -0.239. The molecule has 0 radical (unpaired) electrons. The molecule has 0 unspecified atom stereocenters. The second-order valence-electron chi connectivity index (χ2n) is 5.23. The number of hydrogen-bond donors (Lipinski definition) is 1. The summed E-state index contributed by atoms with van der Waals surface area (Å²) in [6.45, 7) is 0. The maximum absolute atomic E-state index is 12.0. The van der Waals surface area contributed by atoms with Crippen molar-refractivity contribution in [1.82, 2.24) is 10.2 Å². The monoisotopic (exact) mass is 427 g/mol. The molecule has 26 heavy (non-hydrogen) atoms. The van der Waals surface area contributed by atoms with Crippen LogP contribution in [0.3, 0.4) is 0 Å². The van der Waals surface area contributed by atoms with Crippen LogP contribution < -0.4 is 5.32 Å². The highest BCUT2D eigenvalue weighted by Crippen LogP contribution is 2.26. The van der Waals surface area contributed by atoms with Crippen molar-refractivity contribution in [2.75, 3.05) is 11.1 Å². The predicted octanol–water partition coefficient (Wildman–Crippen LogP) is 5.35. The highest BCUT2D eigenvalue weighted by atomic mass is 35.5. The van der Waals surface area contributed by atoms with E-state index in [-0.39, 0.29) is 11.7 Å². The lowest BCUT2D eigenvalue weighted by molar-refractivity contribution is -0.113. The normalized spacial score (nSPS) is 10.7. The van der Waals surface area contributed by atoms with Crippen LogP contribution in [0.1, 0.15) is 11.5 Å². The van der Waals surface area contributed by atoms with E-state index < -0.39 is 0 Å². The Kier molecular flexibility index (Phi) is 6.43. The first-order valence-electron chi connectivity index (χ1n) is 7.44. The Morgan fingerprint density at radius 3 is 2.50 bits per heavy atom. The van der Waals surface area contributed by atoms with Gasteiger partial charge >= 0.3 is 0 Å². The summed E-state index contributed by atoms with van der Waals surface area (Å²) >= 11 is 18.9. The second-order valence-corrected chi connectivity index (χ2v) is 7.43. The fourth-order valence-corrected chi connectivity index (χ4v) is 3.21. The molecular weight excluding hydrogens is 417 g/mol. The molecule has 1 heterocycles. The number of anilines is 1. The molecule has 3 aromatic rings. The summed E-state index contributed by atoms with van der Waals surface area (Å²) in [5, 5.41) is 12.5. The third kappa shape index (κ3) is 5.38. The van der Waals surface area contributed by atoms with E-state index in [0.29, 0.717) is 38.3 Å². The highest BCUT2D eigenvalue weighted by Gasteiger charge is 2.12. The average molecular weight is 429 g/mol. The Morgan fingerprint density at radius 2 is 1.77 bits per heavy atom. The number of nitrogens with one attached hydrogen (secondary N) is 1. The van der Waals surface area contributed by atoms with Gasteiger partial charge in [0.15, 0.2) is 0 Å². The summed E-state index contributed by atoms with van der Waals surface area (Å²) in [6.07, 6.45) is 0.497. The van der Waals surface area contributed by atoms with Gasteiger partial charge < -0.3 is 9.73 Å². The molecule has 5 nitrogen and oxygen atoms in total. The number of carbonyl (C=O) groups excluding carboxylic acids is 1. The van der Waals surface area contributed by atoms with Crippen LogP contribution in [0.5, 0.6) is 0 Å². The minimum absolute atomic E-state index is 0.113. The topological polar surface area (TPSA) is 68.0 Å².